The van der Waals surface area contributed by atoms with Crippen molar-refractivity contribution in [1.82, 2.24) is 9.88 Å². The molecule has 1 aliphatic rings. The number of likely N-dealkylation sites (tertiary alicyclic amines) is 1. The number of aryl methyl sites for hydroxylation is 1. The molecule has 0 aliphatic carbocycles. The molecule has 0 spiro atoms. The van der Waals surface area contributed by atoms with Crippen LogP contribution in [0.15, 0.2) is 35.3 Å². The summed E-state index contributed by atoms with van der Waals surface area (Å²) in [6.07, 6.45) is 3.51. The molecular formula is C18H18ClFN2O2. The van der Waals surface area contributed by atoms with Gasteiger partial charge in [0.05, 0.1) is 5.56 Å². The van der Waals surface area contributed by atoms with Crippen LogP contribution in [-0.4, -0.2) is 28.4 Å². The zero-order valence-electron chi connectivity index (χ0n) is 13.3. The summed E-state index contributed by atoms with van der Waals surface area (Å²) in [4.78, 5) is 28.5. The summed E-state index contributed by atoms with van der Waals surface area (Å²) in [5.74, 6) is -0.485. The van der Waals surface area contributed by atoms with Crippen LogP contribution in [0.3, 0.4) is 0 Å². The van der Waals surface area contributed by atoms with Crippen molar-refractivity contribution in [2.45, 2.75) is 32.2 Å². The average Bonchev–Trinajstić information content (AvgIpc) is 2.99. The summed E-state index contributed by atoms with van der Waals surface area (Å²) in [5, 5.41) is 0.384. The quantitative estimate of drug-likeness (QED) is 0.925. The van der Waals surface area contributed by atoms with Gasteiger partial charge in [0.25, 0.3) is 5.91 Å². The molecule has 1 saturated heterocycles. The molecule has 0 saturated carbocycles. The second kappa shape index (κ2) is 6.77. The van der Waals surface area contributed by atoms with Crippen LogP contribution in [0.25, 0.3) is 0 Å². The van der Waals surface area contributed by atoms with Crippen LogP contribution < -0.4 is 5.56 Å². The highest BCUT2D eigenvalue weighted by Gasteiger charge is 2.31. The Balaban J connectivity index is 1.85. The van der Waals surface area contributed by atoms with E-state index in [0.717, 1.165) is 12.8 Å². The van der Waals surface area contributed by atoms with Gasteiger partial charge in [0.15, 0.2) is 0 Å². The molecule has 3 rings (SSSR count). The molecule has 24 heavy (non-hydrogen) atoms. The second-order valence-electron chi connectivity index (χ2n) is 6.09. The monoisotopic (exact) mass is 348 g/mol. The van der Waals surface area contributed by atoms with Crippen molar-refractivity contribution in [1.29, 1.82) is 0 Å². The van der Waals surface area contributed by atoms with Crippen molar-refractivity contribution < 1.29 is 9.18 Å². The molecule has 1 aromatic heterocycles. The van der Waals surface area contributed by atoms with E-state index in [0.29, 0.717) is 34.7 Å². The molecule has 2 heterocycles. The van der Waals surface area contributed by atoms with Gasteiger partial charge in [-0.15, -0.1) is 0 Å². The van der Waals surface area contributed by atoms with Gasteiger partial charge in [-0.05, 0) is 43.9 Å². The average molecular weight is 349 g/mol. The number of H-pyrrole nitrogens is 1. The van der Waals surface area contributed by atoms with Crippen LogP contribution in [0.1, 0.15) is 34.3 Å². The highest BCUT2D eigenvalue weighted by atomic mass is 35.5. The molecule has 1 fully saturated rings. The fourth-order valence-corrected chi connectivity index (χ4v) is 3.48. The Labute approximate surface area is 144 Å². The first-order chi connectivity index (χ1) is 11.5. The molecule has 4 nitrogen and oxygen atoms in total. The SMILES string of the molecule is Cc1cc(=O)[nH]cc1C(=O)N1CCC[C@H]1Cc1c(F)cccc1Cl. The molecule has 0 unspecified atom stereocenters. The minimum absolute atomic E-state index is 0.0989. The zero-order valence-corrected chi connectivity index (χ0v) is 14.1. The van der Waals surface area contributed by atoms with Gasteiger partial charge < -0.3 is 9.88 Å². The Morgan fingerprint density at radius 3 is 2.96 bits per heavy atom. The van der Waals surface area contributed by atoms with Gasteiger partial charge in [0, 0.05) is 35.4 Å². The van der Waals surface area contributed by atoms with Gasteiger partial charge in [-0.3, -0.25) is 9.59 Å². The maximum atomic E-state index is 14.0. The fraction of sp³-hybridized carbons (Fsp3) is 0.333. The van der Waals surface area contributed by atoms with E-state index >= 15 is 0 Å². The summed E-state index contributed by atoms with van der Waals surface area (Å²) in [7, 11) is 0. The highest BCUT2D eigenvalue weighted by Crippen LogP contribution is 2.28. The Hall–Kier alpha value is -2.14. The lowest BCUT2D eigenvalue weighted by Crippen LogP contribution is -2.37. The number of nitrogens with zero attached hydrogens (tertiary/aromatic N) is 1. The Kier molecular flexibility index (Phi) is 4.71. The molecule has 0 radical (unpaired) electrons. The van der Waals surface area contributed by atoms with Crippen molar-refractivity contribution in [3.05, 3.63) is 68.3 Å². The van der Waals surface area contributed by atoms with Crippen LogP contribution in [0.2, 0.25) is 5.02 Å². The topological polar surface area (TPSA) is 53.2 Å². The molecule has 1 aliphatic heterocycles. The molecule has 1 atom stereocenters. The van der Waals surface area contributed by atoms with Gasteiger partial charge >= 0.3 is 0 Å². The van der Waals surface area contributed by atoms with Gasteiger partial charge in [0.2, 0.25) is 5.56 Å². The minimum Gasteiger partial charge on any atom is -0.335 e. The number of hydrogen-bond acceptors (Lipinski definition) is 2. The Morgan fingerprint density at radius 2 is 2.25 bits per heavy atom. The van der Waals surface area contributed by atoms with E-state index in [1.54, 1.807) is 24.0 Å². The van der Waals surface area contributed by atoms with Crippen molar-refractivity contribution in [3.8, 4) is 0 Å². The van der Waals surface area contributed by atoms with E-state index in [-0.39, 0.29) is 23.3 Å². The van der Waals surface area contributed by atoms with E-state index in [1.165, 1.54) is 18.3 Å². The maximum Gasteiger partial charge on any atom is 0.255 e. The second-order valence-corrected chi connectivity index (χ2v) is 6.50. The molecule has 0 bridgehead atoms. The summed E-state index contributed by atoms with van der Waals surface area (Å²) in [5.41, 5.74) is 1.32. The van der Waals surface area contributed by atoms with E-state index in [1.807, 2.05) is 0 Å². The van der Waals surface area contributed by atoms with Crippen LogP contribution in [0.5, 0.6) is 0 Å². The zero-order chi connectivity index (χ0) is 17.3. The third kappa shape index (κ3) is 3.22. The van der Waals surface area contributed by atoms with E-state index in [2.05, 4.69) is 4.98 Å². The molecule has 6 heteroatoms. The standard InChI is InChI=1S/C18H18ClFN2O2/c1-11-8-17(23)21-10-14(11)18(24)22-7-3-4-12(22)9-13-15(19)5-2-6-16(13)20/h2,5-6,8,10,12H,3-4,7,9H2,1H3,(H,21,23)/t12-/m0/s1. The van der Waals surface area contributed by atoms with Gasteiger partial charge in [-0.25, -0.2) is 4.39 Å². The lowest BCUT2D eigenvalue weighted by Gasteiger charge is -2.26. The Bertz CT molecular complexity index is 814. The fourth-order valence-electron chi connectivity index (χ4n) is 3.24. The number of benzene rings is 1. The van der Waals surface area contributed by atoms with E-state index in [9.17, 15) is 14.0 Å². The molecular weight excluding hydrogens is 331 g/mol. The molecule has 1 amide bonds. The van der Waals surface area contributed by atoms with E-state index < -0.39 is 0 Å². The van der Waals surface area contributed by atoms with Crippen LogP contribution in [0.4, 0.5) is 4.39 Å². The van der Waals surface area contributed by atoms with Crippen molar-refractivity contribution >= 4 is 17.5 Å². The van der Waals surface area contributed by atoms with Crippen molar-refractivity contribution in [3.63, 3.8) is 0 Å². The number of carbonyl (C=O) groups excluding carboxylic acids is 1. The predicted octanol–water partition coefficient (Wildman–Crippen LogP) is 3.32. The third-order valence-corrected chi connectivity index (χ3v) is 4.86. The molecule has 1 N–H and O–H groups in total. The van der Waals surface area contributed by atoms with Crippen LogP contribution in [-0.2, 0) is 6.42 Å². The summed E-state index contributed by atoms with van der Waals surface area (Å²) in [6.45, 7) is 2.36. The number of hydrogen-bond donors (Lipinski definition) is 1. The number of nitrogens with one attached hydrogen (secondary N) is 1. The van der Waals surface area contributed by atoms with Crippen LogP contribution >= 0.6 is 11.6 Å². The minimum atomic E-state index is -0.345. The normalized spacial score (nSPS) is 17.3. The first kappa shape index (κ1) is 16.7. The van der Waals surface area contributed by atoms with Gasteiger partial charge in [-0.1, -0.05) is 17.7 Å². The smallest absolute Gasteiger partial charge is 0.255 e. The van der Waals surface area contributed by atoms with Gasteiger partial charge in [0.1, 0.15) is 5.82 Å². The van der Waals surface area contributed by atoms with Gasteiger partial charge in [-0.2, -0.15) is 0 Å². The van der Waals surface area contributed by atoms with Crippen LogP contribution in [0, 0.1) is 12.7 Å². The summed E-state index contributed by atoms with van der Waals surface area (Å²) < 4.78 is 14.0. The highest BCUT2D eigenvalue weighted by molar-refractivity contribution is 6.31. The molecule has 2 aromatic rings. The molecule has 126 valence electrons. The largest absolute Gasteiger partial charge is 0.335 e. The maximum absolute atomic E-state index is 14.0. The lowest BCUT2D eigenvalue weighted by atomic mass is 10.0. The number of rotatable bonds is 3. The number of pyridine rings is 1. The summed E-state index contributed by atoms with van der Waals surface area (Å²) >= 11 is 6.11. The number of carbonyl (C=O) groups is 1. The number of halogens is 2. The summed E-state index contributed by atoms with van der Waals surface area (Å²) in [6, 6.07) is 5.92. The number of aromatic amines is 1. The van der Waals surface area contributed by atoms with E-state index in [4.69, 9.17) is 11.6 Å². The van der Waals surface area contributed by atoms with Crippen molar-refractivity contribution in [2.24, 2.45) is 0 Å². The third-order valence-electron chi connectivity index (χ3n) is 4.50. The lowest BCUT2D eigenvalue weighted by molar-refractivity contribution is 0.0734. The Morgan fingerprint density at radius 1 is 1.46 bits per heavy atom. The van der Waals surface area contributed by atoms with Crippen molar-refractivity contribution in [2.75, 3.05) is 6.54 Å². The number of aromatic nitrogens is 1. The predicted molar refractivity (Wildman–Crippen MR) is 91.0 cm³/mol. The first-order valence-electron chi connectivity index (χ1n) is 7.90. The number of amides is 1. The first-order valence-corrected chi connectivity index (χ1v) is 8.28. The molecule has 1 aromatic carbocycles.